The summed E-state index contributed by atoms with van der Waals surface area (Å²) in [5, 5.41) is 7.52. The van der Waals surface area contributed by atoms with E-state index in [0.717, 1.165) is 36.3 Å². The summed E-state index contributed by atoms with van der Waals surface area (Å²) in [6, 6.07) is 5.70. The van der Waals surface area contributed by atoms with Gasteiger partial charge in [0.1, 0.15) is 6.54 Å². The van der Waals surface area contributed by atoms with Crippen molar-refractivity contribution in [2.24, 2.45) is 0 Å². The number of carbonyl (C=O) groups excluding carboxylic acids is 1. The number of nitrogens with two attached hydrogens (primary N) is 1. The zero-order chi connectivity index (χ0) is 13.2. The molecule has 0 fully saturated rings. The van der Waals surface area contributed by atoms with E-state index in [4.69, 9.17) is 5.73 Å². The molecular weight excluding hydrogens is 242 g/mol. The maximum atomic E-state index is 12.3. The van der Waals surface area contributed by atoms with Crippen LogP contribution in [0.5, 0.6) is 0 Å². The van der Waals surface area contributed by atoms with Crippen molar-refractivity contribution in [1.29, 1.82) is 0 Å². The average Bonchev–Trinajstić information content (AvgIpc) is 2.90. The predicted molar refractivity (Wildman–Crippen MR) is 71.6 cm³/mol. The van der Waals surface area contributed by atoms with E-state index in [2.05, 4.69) is 10.3 Å². The number of rotatable bonds is 2. The predicted octanol–water partition coefficient (Wildman–Crippen LogP) is 0.840. The number of hydrogen-bond acceptors (Lipinski definition) is 4. The summed E-state index contributed by atoms with van der Waals surface area (Å²) in [5.74, 6) is 0.0243. The van der Waals surface area contributed by atoms with Crippen molar-refractivity contribution in [2.75, 3.05) is 17.2 Å². The van der Waals surface area contributed by atoms with E-state index in [1.165, 1.54) is 4.68 Å². The fourth-order valence-electron chi connectivity index (χ4n) is 2.42. The van der Waals surface area contributed by atoms with Crippen LogP contribution in [0, 0.1) is 0 Å². The third-order valence-electron chi connectivity index (χ3n) is 3.29. The van der Waals surface area contributed by atoms with E-state index in [1.807, 2.05) is 18.2 Å². The Balaban J connectivity index is 1.85. The summed E-state index contributed by atoms with van der Waals surface area (Å²) in [4.78, 5) is 14.1. The first kappa shape index (κ1) is 11.7. The quantitative estimate of drug-likeness (QED) is 0.809. The molecule has 1 aromatic carbocycles. The molecule has 0 saturated carbocycles. The van der Waals surface area contributed by atoms with Gasteiger partial charge in [0.15, 0.2) is 0 Å². The number of benzene rings is 1. The van der Waals surface area contributed by atoms with Crippen molar-refractivity contribution in [3.63, 3.8) is 0 Å². The van der Waals surface area contributed by atoms with E-state index in [1.54, 1.807) is 17.3 Å². The van der Waals surface area contributed by atoms with Gasteiger partial charge in [-0.3, -0.25) is 4.79 Å². The van der Waals surface area contributed by atoms with Gasteiger partial charge in [-0.05, 0) is 36.6 Å². The second-order valence-corrected chi connectivity index (χ2v) is 4.64. The summed E-state index contributed by atoms with van der Waals surface area (Å²) in [7, 11) is 0. The van der Waals surface area contributed by atoms with E-state index < -0.39 is 0 Å². The minimum absolute atomic E-state index is 0.0243. The smallest absolute Gasteiger partial charge is 0.248 e. The largest absolute Gasteiger partial charge is 0.399 e. The van der Waals surface area contributed by atoms with Gasteiger partial charge in [-0.2, -0.15) is 0 Å². The first-order valence-electron chi connectivity index (χ1n) is 6.27. The minimum atomic E-state index is 0.0243. The highest BCUT2D eigenvalue weighted by Gasteiger charge is 2.22. The Kier molecular flexibility index (Phi) is 2.91. The molecule has 2 N–H and O–H groups in total. The Bertz CT molecular complexity index is 593. The lowest BCUT2D eigenvalue weighted by Crippen LogP contribution is -2.37. The number of amides is 1. The standard InChI is InChI=1S/C13H15N5O/c14-11-3-4-12-10(8-11)2-1-6-18(12)13(19)9-17-7-5-15-16-17/h3-5,7-8H,1-2,6,9,14H2. The molecule has 0 radical (unpaired) electrons. The van der Waals surface area contributed by atoms with Crippen molar-refractivity contribution >= 4 is 17.3 Å². The molecule has 0 saturated heterocycles. The van der Waals surface area contributed by atoms with Crippen LogP contribution in [0.2, 0.25) is 0 Å². The maximum Gasteiger partial charge on any atom is 0.248 e. The van der Waals surface area contributed by atoms with Crippen molar-refractivity contribution in [3.05, 3.63) is 36.2 Å². The van der Waals surface area contributed by atoms with Gasteiger partial charge in [0.2, 0.25) is 5.91 Å². The van der Waals surface area contributed by atoms with Crippen LogP contribution in [0.4, 0.5) is 11.4 Å². The number of nitrogens with zero attached hydrogens (tertiary/aromatic N) is 4. The Morgan fingerprint density at radius 1 is 1.42 bits per heavy atom. The van der Waals surface area contributed by atoms with Gasteiger partial charge in [-0.1, -0.05) is 5.21 Å². The van der Waals surface area contributed by atoms with Crippen LogP contribution in [-0.2, 0) is 17.8 Å². The maximum absolute atomic E-state index is 12.3. The van der Waals surface area contributed by atoms with Crippen molar-refractivity contribution in [2.45, 2.75) is 19.4 Å². The zero-order valence-electron chi connectivity index (χ0n) is 10.5. The molecular formula is C13H15N5O. The highest BCUT2D eigenvalue weighted by atomic mass is 16.2. The molecule has 0 spiro atoms. The molecule has 0 aliphatic carbocycles. The number of anilines is 2. The van der Waals surface area contributed by atoms with Crippen LogP contribution in [0.1, 0.15) is 12.0 Å². The summed E-state index contributed by atoms with van der Waals surface area (Å²) in [6.45, 7) is 0.953. The molecule has 1 aromatic heterocycles. The number of carbonyl (C=O) groups is 1. The highest BCUT2D eigenvalue weighted by Crippen LogP contribution is 2.28. The second kappa shape index (κ2) is 4.72. The minimum Gasteiger partial charge on any atom is -0.399 e. The Morgan fingerprint density at radius 3 is 3.11 bits per heavy atom. The number of aryl methyl sites for hydroxylation is 1. The van der Waals surface area contributed by atoms with Crippen LogP contribution in [0.25, 0.3) is 0 Å². The summed E-state index contributed by atoms with van der Waals surface area (Å²) in [5.41, 5.74) is 8.63. The molecule has 1 aliphatic rings. The topological polar surface area (TPSA) is 77.0 Å². The Hall–Kier alpha value is -2.37. The van der Waals surface area contributed by atoms with Gasteiger partial charge < -0.3 is 10.6 Å². The molecule has 6 nitrogen and oxygen atoms in total. The molecule has 98 valence electrons. The van der Waals surface area contributed by atoms with E-state index in [0.29, 0.717) is 0 Å². The lowest BCUT2D eigenvalue weighted by atomic mass is 10.0. The van der Waals surface area contributed by atoms with E-state index in [9.17, 15) is 4.79 Å². The van der Waals surface area contributed by atoms with Gasteiger partial charge in [0.25, 0.3) is 0 Å². The number of nitrogen functional groups attached to an aromatic ring is 1. The van der Waals surface area contributed by atoms with Crippen molar-refractivity contribution < 1.29 is 4.79 Å². The molecule has 0 atom stereocenters. The fraction of sp³-hybridized carbons (Fsp3) is 0.308. The van der Waals surface area contributed by atoms with Gasteiger partial charge in [0, 0.05) is 24.1 Å². The molecule has 2 aromatic rings. The molecule has 2 heterocycles. The Labute approximate surface area is 110 Å². The van der Waals surface area contributed by atoms with Crippen molar-refractivity contribution in [3.8, 4) is 0 Å². The molecule has 0 bridgehead atoms. The molecule has 19 heavy (non-hydrogen) atoms. The third kappa shape index (κ3) is 2.29. The van der Waals surface area contributed by atoms with Crippen LogP contribution >= 0.6 is 0 Å². The Morgan fingerprint density at radius 2 is 2.32 bits per heavy atom. The van der Waals surface area contributed by atoms with Crippen LogP contribution in [0.15, 0.2) is 30.6 Å². The molecule has 6 heteroatoms. The molecule has 0 unspecified atom stereocenters. The SMILES string of the molecule is Nc1ccc2c(c1)CCCN2C(=O)Cn1ccnn1. The average molecular weight is 257 g/mol. The number of hydrogen-bond donors (Lipinski definition) is 1. The molecule has 1 aliphatic heterocycles. The van der Waals surface area contributed by atoms with Gasteiger partial charge >= 0.3 is 0 Å². The van der Waals surface area contributed by atoms with E-state index in [-0.39, 0.29) is 12.5 Å². The fourth-order valence-corrected chi connectivity index (χ4v) is 2.42. The first-order chi connectivity index (χ1) is 9.24. The molecule has 1 amide bonds. The van der Waals surface area contributed by atoms with Gasteiger partial charge in [-0.15, -0.1) is 5.10 Å². The summed E-state index contributed by atoms with van der Waals surface area (Å²) in [6.07, 6.45) is 5.18. The summed E-state index contributed by atoms with van der Waals surface area (Å²) < 4.78 is 1.54. The monoisotopic (exact) mass is 257 g/mol. The zero-order valence-corrected chi connectivity index (χ0v) is 10.5. The normalized spacial score (nSPS) is 14.2. The lowest BCUT2D eigenvalue weighted by Gasteiger charge is -2.29. The number of fused-ring (bicyclic) bond motifs is 1. The lowest BCUT2D eigenvalue weighted by molar-refractivity contribution is -0.119. The summed E-state index contributed by atoms with van der Waals surface area (Å²) >= 11 is 0. The highest BCUT2D eigenvalue weighted by molar-refractivity contribution is 5.94. The molecule has 3 rings (SSSR count). The van der Waals surface area contributed by atoms with Gasteiger partial charge in [-0.25, -0.2) is 4.68 Å². The van der Waals surface area contributed by atoms with E-state index >= 15 is 0 Å². The third-order valence-corrected chi connectivity index (χ3v) is 3.29. The van der Waals surface area contributed by atoms with Crippen LogP contribution in [0.3, 0.4) is 0 Å². The first-order valence-corrected chi connectivity index (χ1v) is 6.27. The van der Waals surface area contributed by atoms with Gasteiger partial charge in [0.05, 0.1) is 6.20 Å². The van der Waals surface area contributed by atoms with Crippen LogP contribution < -0.4 is 10.6 Å². The van der Waals surface area contributed by atoms with Crippen LogP contribution in [-0.4, -0.2) is 27.4 Å². The number of aromatic nitrogens is 3. The van der Waals surface area contributed by atoms with Crippen molar-refractivity contribution in [1.82, 2.24) is 15.0 Å². The second-order valence-electron chi connectivity index (χ2n) is 4.64.